The Morgan fingerprint density at radius 1 is 1.73 bits per heavy atom. The first kappa shape index (κ1) is 11.0. The molecule has 2 rings (SSSR count). The molecule has 0 aromatic carbocycles. The Labute approximate surface area is 94.4 Å². The number of nitrogens with zero attached hydrogens (tertiary/aromatic N) is 2. The molecule has 5 heteroatoms. The van der Waals surface area contributed by atoms with Crippen LogP contribution in [-0.4, -0.2) is 35.1 Å². The molecule has 1 atom stereocenters. The quantitative estimate of drug-likeness (QED) is 0.780. The number of ether oxygens (including phenoxy) is 1. The number of hydrogen-bond acceptors (Lipinski definition) is 4. The van der Waals surface area contributed by atoms with Crippen molar-refractivity contribution in [2.75, 3.05) is 19.5 Å². The Kier molecular flexibility index (Phi) is 3.66. The molecule has 0 bridgehead atoms. The third-order valence-corrected chi connectivity index (χ3v) is 3.47. The maximum atomic E-state index is 5.31. The van der Waals surface area contributed by atoms with Gasteiger partial charge in [0.1, 0.15) is 0 Å². The van der Waals surface area contributed by atoms with E-state index in [1.165, 1.54) is 5.69 Å². The van der Waals surface area contributed by atoms with Crippen LogP contribution in [0.4, 0.5) is 0 Å². The SMILES string of the molecule is CSc1ncc(CNC2CCOC2)n1C. The van der Waals surface area contributed by atoms with Crippen LogP contribution in [0.3, 0.4) is 0 Å². The van der Waals surface area contributed by atoms with Crippen LogP contribution >= 0.6 is 11.8 Å². The highest BCUT2D eigenvalue weighted by Gasteiger charge is 2.15. The van der Waals surface area contributed by atoms with Crippen LogP contribution in [0.15, 0.2) is 11.4 Å². The highest BCUT2D eigenvalue weighted by Crippen LogP contribution is 2.14. The molecule has 84 valence electrons. The van der Waals surface area contributed by atoms with Crippen LogP contribution in [0, 0.1) is 0 Å². The third-order valence-electron chi connectivity index (χ3n) is 2.73. The van der Waals surface area contributed by atoms with Gasteiger partial charge in [-0.25, -0.2) is 4.98 Å². The van der Waals surface area contributed by atoms with Gasteiger partial charge in [0.15, 0.2) is 5.16 Å². The van der Waals surface area contributed by atoms with Crippen molar-refractivity contribution in [2.45, 2.75) is 24.2 Å². The summed E-state index contributed by atoms with van der Waals surface area (Å²) < 4.78 is 7.45. The van der Waals surface area contributed by atoms with Gasteiger partial charge < -0.3 is 14.6 Å². The molecule has 1 saturated heterocycles. The van der Waals surface area contributed by atoms with Gasteiger partial charge in [0, 0.05) is 26.2 Å². The van der Waals surface area contributed by atoms with Gasteiger partial charge in [-0.3, -0.25) is 0 Å². The van der Waals surface area contributed by atoms with Gasteiger partial charge in [0.25, 0.3) is 0 Å². The van der Waals surface area contributed by atoms with Gasteiger partial charge in [-0.1, -0.05) is 11.8 Å². The lowest BCUT2D eigenvalue weighted by Crippen LogP contribution is -2.29. The van der Waals surface area contributed by atoms with Crippen molar-refractivity contribution in [1.82, 2.24) is 14.9 Å². The fourth-order valence-electron chi connectivity index (χ4n) is 1.72. The van der Waals surface area contributed by atoms with Gasteiger partial charge in [-0.05, 0) is 12.7 Å². The summed E-state index contributed by atoms with van der Waals surface area (Å²) in [4.78, 5) is 4.33. The largest absolute Gasteiger partial charge is 0.380 e. The van der Waals surface area contributed by atoms with Crippen LogP contribution in [0.5, 0.6) is 0 Å². The Morgan fingerprint density at radius 2 is 2.60 bits per heavy atom. The molecule has 1 fully saturated rings. The van der Waals surface area contributed by atoms with Crippen LogP contribution < -0.4 is 5.32 Å². The zero-order valence-electron chi connectivity index (χ0n) is 9.19. The summed E-state index contributed by atoms with van der Waals surface area (Å²) in [5.74, 6) is 0. The summed E-state index contributed by atoms with van der Waals surface area (Å²) in [6.07, 6.45) is 5.10. The lowest BCUT2D eigenvalue weighted by molar-refractivity contribution is 0.189. The summed E-state index contributed by atoms with van der Waals surface area (Å²) in [7, 11) is 2.06. The van der Waals surface area contributed by atoms with Gasteiger partial charge in [-0.15, -0.1) is 0 Å². The van der Waals surface area contributed by atoms with E-state index in [0.29, 0.717) is 6.04 Å². The average Bonchev–Trinajstić information content (AvgIpc) is 2.85. The second kappa shape index (κ2) is 5.01. The molecule has 15 heavy (non-hydrogen) atoms. The standard InChI is InChI=1S/C10H17N3OS/c1-13-9(6-12-10(13)15-2)5-11-8-3-4-14-7-8/h6,8,11H,3-5,7H2,1-2H3. The molecule has 1 unspecified atom stereocenters. The van der Waals surface area contributed by atoms with Gasteiger partial charge in [-0.2, -0.15) is 0 Å². The summed E-state index contributed by atoms with van der Waals surface area (Å²) in [6.45, 7) is 2.60. The predicted molar refractivity (Wildman–Crippen MR) is 61.1 cm³/mol. The van der Waals surface area contributed by atoms with E-state index < -0.39 is 0 Å². The molecule has 4 nitrogen and oxygen atoms in total. The normalized spacial score (nSPS) is 21.1. The van der Waals surface area contributed by atoms with Crippen LogP contribution in [-0.2, 0) is 18.3 Å². The van der Waals surface area contributed by atoms with E-state index in [1.54, 1.807) is 11.8 Å². The Morgan fingerprint density at radius 3 is 3.20 bits per heavy atom. The first-order valence-electron chi connectivity index (χ1n) is 5.17. The zero-order valence-corrected chi connectivity index (χ0v) is 10.0. The number of nitrogens with one attached hydrogen (secondary N) is 1. The number of thioether (sulfide) groups is 1. The number of hydrogen-bond donors (Lipinski definition) is 1. The molecule has 1 aliphatic rings. The van der Waals surface area contributed by atoms with Gasteiger partial charge in [0.05, 0.1) is 18.5 Å². The Bertz CT molecular complexity index is 320. The Hall–Kier alpha value is -0.520. The molecule has 0 radical (unpaired) electrons. The molecule has 2 heterocycles. The molecular formula is C10H17N3OS. The lowest BCUT2D eigenvalue weighted by Gasteiger charge is -2.10. The molecular weight excluding hydrogens is 210 g/mol. The molecule has 0 saturated carbocycles. The number of imidazole rings is 1. The van der Waals surface area contributed by atoms with Crippen molar-refractivity contribution in [2.24, 2.45) is 7.05 Å². The van der Waals surface area contributed by atoms with Crippen LogP contribution in [0.1, 0.15) is 12.1 Å². The van der Waals surface area contributed by atoms with Gasteiger partial charge in [0.2, 0.25) is 0 Å². The minimum atomic E-state index is 0.512. The van der Waals surface area contributed by atoms with E-state index in [-0.39, 0.29) is 0 Å². The molecule has 1 aliphatic heterocycles. The van der Waals surface area contributed by atoms with Crippen LogP contribution in [0.2, 0.25) is 0 Å². The van der Waals surface area contributed by atoms with E-state index in [0.717, 1.165) is 31.3 Å². The maximum Gasteiger partial charge on any atom is 0.167 e. The second-order valence-electron chi connectivity index (χ2n) is 3.74. The van der Waals surface area contributed by atoms with Crippen molar-refractivity contribution in [3.63, 3.8) is 0 Å². The smallest absolute Gasteiger partial charge is 0.167 e. The fourth-order valence-corrected chi connectivity index (χ4v) is 2.27. The molecule has 1 aromatic heterocycles. The highest BCUT2D eigenvalue weighted by molar-refractivity contribution is 7.98. The van der Waals surface area contributed by atoms with Crippen LogP contribution in [0.25, 0.3) is 0 Å². The summed E-state index contributed by atoms with van der Waals surface area (Å²) in [5, 5.41) is 4.55. The zero-order chi connectivity index (χ0) is 10.7. The van der Waals surface area contributed by atoms with Crippen molar-refractivity contribution in [3.8, 4) is 0 Å². The summed E-state index contributed by atoms with van der Waals surface area (Å²) in [5.41, 5.74) is 1.23. The lowest BCUT2D eigenvalue weighted by atomic mass is 10.2. The van der Waals surface area contributed by atoms with E-state index in [4.69, 9.17) is 4.74 Å². The molecule has 0 aliphatic carbocycles. The molecule has 1 aromatic rings. The Balaban J connectivity index is 1.89. The predicted octanol–water partition coefficient (Wildman–Crippen LogP) is 1.02. The van der Waals surface area contributed by atoms with E-state index in [9.17, 15) is 0 Å². The van der Waals surface area contributed by atoms with Crippen molar-refractivity contribution in [1.29, 1.82) is 0 Å². The van der Waals surface area contributed by atoms with Crippen molar-refractivity contribution in [3.05, 3.63) is 11.9 Å². The van der Waals surface area contributed by atoms with E-state index >= 15 is 0 Å². The first-order chi connectivity index (χ1) is 7.31. The monoisotopic (exact) mass is 227 g/mol. The minimum Gasteiger partial charge on any atom is -0.380 e. The second-order valence-corrected chi connectivity index (χ2v) is 4.51. The number of aromatic nitrogens is 2. The van der Waals surface area contributed by atoms with E-state index in [2.05, 4.69) is 21.9 Å². The summed E-state index contributed by atoms with van der Waals surface area (Å²) in [6, 6.07) is 0.512. The maximum absolute atomic E-state index is 5.31. The van der Waals surface area contributed by atoms with Crippen molar-refractivity contribution >= 4 is 11.8 Å². The minimum absolute atomic E-state index is 0.512. The summed E-state index contributed by atoms with van der Waals surface area (Å²) >= 11 is 1.67. The van der Waals surface area contributed by atoms with E-state index in [1.807, 2.05) is 12.5 Å². The average molecular weight is 227 g/mol. The topological polar surface area (TPSA) is 39.1 Å². The molecule has 0 spiro atoms. The molecule has 1 N–H and O–H groups in total. The van der Waals surface area contributed by atoms with Crippen molar-refractivity contribution < 1.29 is 4.74 Å². The molecule has 0 amide bonds. The van der Waals surface area contributed by atoms with Gasteiger partial charge >= 0.3 is 0 Å². The first-order valence-corrected chi connectivity index (χ1v) is 6.39. The fraction of sp³-hybridized carbons (Fsp3) is 0.700. The third kappa shape index (κ3) is 2.53. The number of rotatable bonds is 4. The highest BCUT2D eigenvalue weighted by atomic mass is 32.2.